The molecular formula is C68H128O17P2. The molecule has 19 heteroatoms. The number of carbonyl (C=O) groups is 4. The molecule has 0 aromatic rings. The Morgan fingerprint density at radius 3 is 0.943 bits per heavy atom. The molecular weight excluding hydrogens is 1150 g/mol. The topological polar surface area (TPSA) is 237 Å². The molecule has 0 heterocycles. The normalized spacial score (nSPS) is 14.3. The first-order valence-corrected chi connectivity index (χ1v) is 37.9. The Morgan fingerprint density at radius 2 is 0.621 bits per heavy atom. The summed E-state index contributed by atoms with van der Waals surface area (Å²) >= 11 is 0. The Labute approximate surface area is 529 Å². The predicted octanol–water partition coefficient (Wildman–Crippen LogP) is 18.9. The van der Waals surface area contributed by atoms with E-state index in [1.54, 1.807) is 0 Å². The van der Waals surface area contributed by atoms with Gasteiger partial charge in [-0.2, -0.15) is 0 Å². The van der Waals surface area contributed by atoms with E-state index in [1.807, 2.05) is 0 Å². The fourth-order valence-corrected chi connectivity index (χ4v) is 11.3. The molecule has 2 unspecified atom stereocenters. The average molecular weight is 1280 g/mol. The number of aliphatic hydroxyl groups excluding tert-OH is 1. The van der Waals surface area contributed by atoms with Crippen LogP contribution in [0.2, 0.25) is 0 Å². The molecule has 0 aromatic carbocycles. The van der Waals surface area contributed by atoms with Crippen molar-refractivity contribution in [3.8, 4) is 0 Å². The van der Waals surface area contributed by atoms with E-state index >= 15 is 0 Å². The minimum Gasteiger partial charge on any atom is -0.462 e. The minimum atomic E-state index is -4.96. The van der Waals surface area contributed by atoms with Gasteiger partial charge in [0.1, 0.15) is 19.3 Å². The molecule has 0 aromatic heterocycles. The number of esters is 4. The van der Waals surface area contributed by atoms with Gasteiger partial charge >= 0.3 is 39.5 Å². The molecule has 512 valence electrons. The van der Waals surface area contributed by atoms with Crippen molar-refractivity contribution in [3.05, 3.63) is 24.3 Å². The van der Waals surface area contributed by atoms with Crippen LogP contribution in [0.5, 0.6) is 0 Å². The average Bonchev–Trinajstić information content (AvgIpc) is 3.60. The maximum atomic E-state index is 13.0. The fourth-order valence-electron chi connectivity index (χ4n) is 9.75. The van der Waals surface area contributed by atoms with Crippen LogP contribution in [0, 0.1) is 5.92 Å². The third-order valence-corrected chi connectivity index (χ3v) is 17.1. The van der Waals surface area contributed by atoms with E-state index in [4.69, 9.17) is 37.0 Å². The van der Waals surface area contributed by atoms with Crippen LogP contribution in [0.25, 0.3) is 0 Å². The third-order valence-electron chi connectivity index (χ3n) is 15.2. The molecule has 0 rings (SSSR count). The summed E-state index contributed by atoms with van der Waals surface area (Å²) in [5.74, 6) is -1.50. The van der Waals surface area contributed by atoms with Gasteiger partial charge in [-0.3, -0.25) is 37.3 Å². The Morgan fingerprint density at radius 1 is 0.356 bits per heavy atom. The predicted molar refractivity (Wildman–Crippen MR) is 349 cm³/mol. The van der Waals surface area contributed by atoms with Gasteiger partial charge in [0.25, 0.3) is 0 Å². The van der Waals surface area contributed by atoms with Crippen molar-refractivity contribution in [1.29, 1.82) is 0 Å². The van der Waals surface area contributed by atoms with Crippen LogP contribution in [0.3, 0.4) is 0 Å². The number of allylic oxidation sites excluding steroid dienone is 4. The summed E-state index contributed by atoms with van der Waals surface area (Å²) in [4.78, 5) is 72.3. The van der Waals surface area contributed by atoms with E-state index in [-0.39, 0.29) is 25.7 Å². The number of carbonyl (C=O) groups excluding carboxylic acids is 4. The molecule has 0 aliphatic carbocycles. The quantitative estimate of drug-likeness (QED) is 0.0169. The summed E-state index contributed by atoms with van der Waals surface area (Å²) in [5, 5.41) is 10.5. The van der Waals surface area contributed by atoms with E-state index in [0.29, 0.717) is 31.6 Å². The highest BCUT2D eigenvalue weighted by molar-refractivity contribution is 7.47. The molecule has 87 heavy (non-hydrogen) atoms. The number of ether oxygens (including phenoxy) is 4. The number of hydrogen-bond donors (Lipinski definition) is 3. The first-order chi connectivity index (χ1) is 42.0. The number of rotatable bonds is 66. The first-order valence-electron chi connectivity index (χ1n) is 35.0. The van der Waals surface area contributed by atoms with Crippen molar-refractivity contribution in [2.45, 2.75) is 342 Å². The van der Waals surface area contributed by atoms with Crippen LogP contribution in [-0.4, -0.2) is 96.7 Å². The van der Waals surface area contributed by atoms with Crippen molar-refractivity contribution >= 4 is 39.5 Å². The molecule has 0 amide bonds. The summed E-state index contributed by atoms with van der Waals surface area (Å²) < 4.78 is 68.0. The summed E-state index contributed by atoms with van der Waals surface area (Å²) in [6.45, 7) is 7.04. The van der Waals surface area contributed by atoms with E-state index in [1.165, 1.54) is 128 Å². The van der Waals surface area contributed by atoms with Gasteiger partial charge in [0.2, 0.25) is 0 Å². The SMILES string of the molecule is CCCCCC/C=C\C=C/CCCCCCCC(=O)O[C@H](COC(=O)CCCCCCCCCCCCCCCCC)COP(=O)(O)OC[C@@H](O)COP(=O)(O)OC[C@@H](COC(=O)CCCCCCCCCC)OC(=O)CCCCCCCCC(C)C. The number of hydrogen-bond acceptors (Lipinski definition) is 15. The smallest absolute Gasteiger partial charge is 0.462 e. The van der Waals surface area contributed by atoms with Gasteiger partial charge in [-0.05, 0) is 57.3 Å². The number of aliphatic hydroxyl groups is 1. The summed E-state index contributed by atoms with van der Waals surface area (Å²) in [6, 6.07) is 0. The molecule has 3 N–H and O–H groups in total. The maximum Gasteiger partial charge on any atom is 0.472 e. The Kier molecular flexibility index (Phi) is 59.3. The molecule has 5 atom stereocenters. The molecule has 0 saturated heterocycles. The lowest BCUT2D eigenvalue weighted by molar-refractivity contribution is -0.161. The molecule has 0 bridgehead atoms. The van der Waals surface area contributed by atoms with Gasteiger partial charge in [-0.15, -0.1) is 0 Å². The standard InChI is InChI=1S/C68H128O17P2/c1-6-9-12-15-18-21-23-25-27-29-31-33-36-42-47-52-66(71)79-57-63(84-67(72)53-48-43-37-34-32-30-28-26-24-22-19-16-13-10-7-2)59-82-86(74,75)80-55-62(69)56-81-87(76,77)83-60-64(58-78-65(70)51-46-41-35-20-17-14-11-8-3)85-68(73)54-49-44-39-38-40-45-50-61(4)5/h22,24,26,28,61-64,69H,6-21,23,25,27,29-60H2,1-5H3,(H,74,75)(H,76,77)/b24-22-,28-26-/t62-,63-,64-/m1/s1. The molecule has 0 aliphatic heterocycles. The van der Waals surface area contributed by atoms with Gasteiger partial charge in [-0.1, -0.05) is 271 Å². The Hall–Kier alpha value is -2.46. The van der Waals surface area contributed by atoms with Gasteiger partial charge in [0, 0.05) is 25.7 Å². The second-order valence-corrected chi connectivity index (χ2v) is 27.3. The molecule has 0 aliphatic rings. The summed E-state index contributed by atoms with van der Waals surface area (Å²) in [6.07, 6.45) is 49.6. The lowest BCUT2D eigenvalue weighted by atomic mass is 10.0. The summed E-state index contributed by atoms with van der Waals surface area (Å²) in [5.41, 5.74) is 0. The molecule has 0 radical (unpaired) electrons. The Bertz CT molecular complexity index is 1780. The first kappa shape index (κ1) is 84.5. The highest BCUT2D eigenvalue weighted by atomic mass is 31.2. The lowest BCUT2D eigenvalue weighted by Gasteiger charge is -2.21. The van der Waals surface area contributed by atoms with Gasteiger partial charge in [0.15, 0.2) is 12.2 Å². The van der Waals surface area contributed by atoms with Crippen LogP contribution >= 0.6 is 15.6 Å². The number of phosphoric ester groups is 2. The van der Waals surface area contributed by atoms with Gasteiger partial charge < -0.3 is 33.8 Å². The highest BCUT2D eigenvalue weighted by Crippen LogP contribution is 2.45. The zero-order chi connectivity index (χ0) is 64.2. The molecule has 17 nitrogen and oxygen atoms in total. The Balaban J connectivity index is 5.25. The van der Waals surface area contributed by atoms with Crippen LogP contribution in [0.1, 0.15) is 324 Å². The van der Waals surface area contributed by atoms with Crippen LogP contribution in [0.4, 0.5) is 0 Å². The van der Waals surface area contributed by atoms with Crippen molar-refractivity contribution in [1.82, 2.24) is 0 Å². The molecule has 0 spiro atoms. The van der Waals surface area contributed by atoms with Crippen molar-refractivity contribution in [3.63, 3.8) is 0 Å². The fraction of sp³-hybridized carbons (Fsp3) is 0.882. The third kappa shape index (κ3) is 62.1. The minimum absolute atomic E-state index is 0.0854. The number of phosphoric acid groups is 2. The second-order valence-electron chi connectivity index (χ2n) is 24.4. The van der Waals surface area contributed by atoms with Gasteiger partial charge in [-0.25, -0.2) is 9.13 Å². The van der Waals surface area contributed by atoms with E-state index in [9.17, 15) is 43.2 Å². The zero-order valence-electron chi connectivity index (χ0n) is 55.6. The van der Waals surface area contributed by atoms with Crippen LogP contribution < -0.4 is 0 Å². The van der Waals surface area contributed by atoms with Crippen molar-refractivity contribution in [2.24, 2.45) is 5.92 Å². The maximum absolute atomic E-state index is 13.0. The van der Waals surface area contributed by atoms with Crippen molar-refractivity contribution in [2.75, 3.05) is 39.6 Å². The van der Waals surface area contributed by atoms with E-state index < -0.39 is 97.5 Å². The second kappa shape index (κ2) is 61.1. The number of unbranched alkanes of at least 4 members (excludes halogenated alkanes) is 35. The van der Waals surface area contributed by atoms with Crippen LogP contribution in [0.15, 0.2) is 24.3 Å². The van der Waals surface area contributed by atoms with E-state index in [0.717, 1.165) is 109 Å². The van der Waals surface area contributed by atoms with Crippen LogP contribution in [-0.2, 0) is 65.4 Å². The molecule has 0 saturated carbocycles. The lowest BCUT2D eigenvalue weighted by Crippen LogP contribution is -2.30. The van der Waals surface area contributed by atoms with Gasteiger partial charge in [0.05, 0.1) is 26.4 Å². The molecule has 0 fully saturated rings. The van der Waals surface area contributed by atoms with Crippen molar-refractivity contribution < 1.29 is 80.2 Å². The monoisotopic (exact) mass is 1280 g/mol. The zero-order valence-corrected chi connectivity index (χ0v) is 57.4. The van der Waals surface area contributed by atoms with E-state index in [2.05, 4.69) is 58.9 Å². The highest BCUT2D eigenvalue weighted by Gasteiger charge is 2.30. The largest absolute Gasteiger partial charge is 0.472 e. The summed E-state index contributed by atoms with van der Waals surface area (Å²) in [7, 11) is -9.90.